The fourth-order valence-electron chi connectivity index (χ4n) is 2.59. The monoisotopic (exact) mass is 385 g/mol. The first kappa shape index (κ1) is 19.3. The van der Waals surface area contributed by atoms with Crippen molar-refractivity contribution in [2.24, 2.45) is 5.73 Å². The van der Waals surface area contributed by atoms with Crippen molar-refractivity contribution < 1.29 is 14.3 Å². The lowest BCUT2D eigenvalue weighted by Gasteiger charge is -2.13. The summed E-state index contributed by atoms with van der Waals surface area (Å²) in [5.74, 6) is 2.77. The van der Waals surface area contributed by atoms with Crippen LogP contribution in [0.25, 0.3) is 11.5 Å². The first-order valence-corrected chi connectivity index (χ1v) is 9.94. The van der Waals surface area contributed by atoms with E-state index in [4.69, 9.17) is 14.9 Å². The van der Waals surface area contributed by atoms with Crippen molar-refractivity contribution in [2.45, 2.75) is 18.6 Å². The van der Waals surface area contributed by atoms with Crippen LogP contribution in [0.2, 0.25) is 0 Å². The Bertz CT molecular complexity index is 852. The average Bonchev–Trinajstić information content (AvgIpc) is 3.17. The van der Waals surface area contributed by atoms with Gasteiger partial charge in [-0.25, -0.2) is 0 Å². The molecule has 3 N–H and O–H groups in total. The number of ether oxygens (including phenoxy) is 1. The standard InChI is InChI=1S/C20H23N3O3S/c1-2-27-18(16-6-3-4-7-17(16)24)20-23-22-19(26-20)14-8-10-15(11-9-14)25-13-5-12-21/h3-4,6-11,18,24H,2,5,12-13,21H2,1H3. The van der Waals surface area contributed by atoms with Crippen LogP contribution in [0, 0.1) is 0 Å². The van der Waals surface area contributed by atoms with Crippen molar-refractivity contribution in [3.63, 3.8) is 0 Å². The lowest BCUT2D eigenvalue weighted by atomic mass is 10.1. The minimum absolute atomic E-state index is 0.212. The van der Waals surface area contributed by atoms with Crippen molar-refractivity contribution >= 4 is 11.8 Å². The summed E-state index contributed by atoms with van der Waals surface area (Å²) in [4.78, 5) is 0. The Kier molecular flexibility index (Phi) is 6.73. The third kappa shape index (κ3) is 4.81. The third-order valence-corrected chi connectivity index (χ3v) is 5.06. The number of hydrogen-bond donors (Lipinski definition) is 2. The lowest BCUT2D eigenvalue weighted by molar-refractivity contribution is 0.313. The van der Waals surface area contributed by atoms with Crippen molar-refractivity contribution in [3.8, 4) is 23.0 Å². The fourth-order valence-corrected chi connectivity index (χ4v) is 3.54. The normalized spacial score (nSPS) is 12.1. The number of phenolic OH excluding ortho intramolecular Hbond substituents is 1. The highest BCUT2D eigenvalue weighted by atomic mass is 32.2. The molecule has 0 saturated heterocycles. The number of para-hydroxylation sites is 1. The van der Waals surface area contributed by atoms with Crippen molar-refractivity contribution in [1.82, 2.24) is 10.2 Å². The summed E-state index contributed by atoms with van der Waals surface area (Å²) in [6.45, 7) is 3.26. The molecule has 3 aromatic rings. The molecule has 1 unspecified atom stereocenters. The summed E-state index contributed by atoms with van der Waals surface area (Å²) >= 11 is 1.63. The third-order valence-electron chi connectivity index (χ3n) is 3.94. The Hall–Kier alpha value is -2.51. The Morgan fingerprint density at radius 2 is 1.93 bits per heavy atom. The number of thioether (sulfide) groups is 1. The molecule has 0 fully saturated rings. The van der Waals surface area contributed by atoms with Crippen molar-refractivity contribution in [1.29, 1.82) is 0 Å². The number of nitrogens with zero attached hydrogens (tertiary/aromatic N) is 2. The molecule has 0 amide bonds. The first-order chi connectivity index (χ1) is 13.2. The molecule has 1 atom stereocenters. The first-order valence-electron chi connectivity index (χ1n) is 8.89. The van der Waals surface area contributed by atoms with Crippen LogP contribution in [-0.4, -0.2) is 34.2 Å². The summed E-state index contributed by atoms with van der Waals surface area (Å²) < 4.78 is 11.5. The number of phenols is 1. The van der Waals surface area contributed by atoms with E-state index in [1.54, 1.807) is 23.9 Å². The second-order valence-electron chi connectivity index (χ2n) is 5.85. The summed E-state index contributed by atoms with van der Waals surface area (Å²) in [5, 5.41) is 18.4. The molecule has 0 aliphatic rings. The van der Waals surface area contributed by atoms with Gasteiger partial charge in [0.25, 0.3) is 0 Å². The van der Waals surface area contributed by atoms with E-state index in [0.717, 1.165) is 29.1 Å². The average molecular weight is 385 g/mol. The Morgan fingerprint density at radius 3 is 2.63 bits per heavy atom. The molecule has 1 aromatic heterocycles. The number of aromatic nitrogens is 2. The fraction of sp³-hybridized carbons (Fsp3) is 0.300. The van der Waals surface area contributed by atoms with E-state index in [2.05, 4.69) is 17.1 Å². The SMILES string of the molecule is CCSC(c1nnc(-c2ccc(OCCCN)cc2)o1)c1ccccc1O. The Morgan fingerprint density at radius 1 is 1.15 bits per heavy atom. The van der Waals surface area contributed by atoms with E-state index in [-0.39, 0.29) is 11.0 Å². The quantitative estimate of drug-likeness (QED) is 0.537. The van der Waals surface area contributed by atoms with Gasteiger partial charge in [-0.05, 0) is 49.1 Å². The molecule has 27 heavy (non-hydrogen) atoms. The van der Waals surface area contributed by atoms with Gasteiger partial charge in [-0.2, -0.15) is 0 Å². The molecule has 6 nitrogen and oxygen atoms in total. The van der Waals surface area contributed by atoms with E-state index in [1.807, 2.05) is 36.4 Å². The zero-order chi connectivity index (χ0) is 19.1. The number of hydrogen-bond acceptors (Lipinski definition) is 7. The maximum atomic E-state index is 10.2. The Labute approximate surface area is 162 Å². The zero-order valence-electron chi connectivity index (χ0n) is 15.2. The smallest absolute Gasteiger partial charge is 0.247 e. The number of benzene rings is 2. The van der Waals surface area contributed by atoms with Crippen LogP contribution < -0.4 is 10.5 Å². The molecule has 0 bridgehead atoms. The van der Waals surface area contributed by atoms with E-state index in [1.165, 1.54) is 0 Å². The van der Waals surface area contributed by atoms with Gasteiger partial charge in [-0.15, -0.1) is 22.0 Å². The molecule has 0 spiro atoms. The number of rotatable bonds is 9. The second-order valence-corrected chi connectivity index (χ2v) is 7.24. The summed E-state index contributed by atoms with van der Waals surface area (Å²) in [7, 11) is 0. The molecule has 0 aliphatic heterocycles. The molecular weight excluding hydrogens is 362 g/mol. The maximum Gasteiger partial charge on any atom is 0.247 e. The van der Waals surface area contributed by atoms with Crippen LogP contribution in [0.15, 0.2) is 52.9 Å². The summed E-state index contributed by atoms with van der Waals surface area (Å²) in [6, 6.07) is 14.7. The van der Waals surface area contributed by atoms with Gasteiger partial charge in [0.1, 0.15) is 16.7 Å². The predicted molar refractivity (Wildman–Crippen MR) is 107 cm³/mol. The van der Waals surface area contributed by atoms with Gasteiger partial charge in [0.05, 0.1) is 6.61 Å². The van der Waals surface area contributed by atoms with Gasteiger partial charge in [0, 0.05) is 11.1 Å². The highest BCUT2D eigenvalue weighted by Gasteiger charge is 2.23. The zero-order valence-corrected chi connectivity index (χ0v) is 16.0. The largest absolute Gasteiger partial charge is 0.508 e. The van der Waals surface area contributed by atoms with Gasteiger partial charge < -0.3 is 20.0 Å². The van der Waals surface area contributed by atoms with Crippen LogP contribution in [0.1, 0.15) is 30.0 Å². The molecule has 3 rings (SSSR count). The van der Waals surface area contributed by atoms with Crippen molar-refractivity contribution in [2.75, 3.05) is 18.9 Å². The highest BCUT2D eigenvalue weighted by Crippen LogP contribution is 2.39. The minimum Gasteiger partial charge on any atom is -0.508 e. The summed E-state index contributed by atoms with van der Waals surface area (Å²) in [6.07, 6.45) is 0.817. The maximum absolute atomic E-state index is 10.2. The van der Waals surface area contributed by atoms with Gasteiger partial charge in [-0.1, -0.05) is 25.1 Å². The van der Waals surface area contributed by atoms with Gasteiger partial charge in [0.15, 0.2) is 0 Å². The van der Waals surface area contributed by atoms with E-state index < -0.39 is 0 Å². The number of aromatic hydroxyl groups is 1. The second kappa shape index (κ2) is 9.43. The van der Waals surface area contributed by atoms with E-state index >= 15 is 0 Å². The number of nitrogens with two attached hydrogens (primary N) is 1. The molecule has 142 valence electrons. The van der Waals surface area contributed by atoms with Gasteiger partial charge >= 0.3 is 0 Å². The van der Waals surface area contributed by atoms with E-state index in [9.17, 15) is 5.11 Å². The lowest BCUT2D eigenvalue weighted by Crippen LogP contribution is -2.05. The molecule has 0 aliphatic carbocycles. The van der Waals surface area contributed by atoms with E-state index in [0.29, 0.717) is 24.9 Å². The Balaban J connectivity index is 1.79. The van der Waals surface area contributed by atoms with Crippen LogP contribution in [0.3, 0.4) is 0 Å². The molecule has 0 saturated carbocycles. The van der Waals surface area contributed by atoms with Crippen LogP contribution >= 0.6 is 11.8 Å². The highest BCUT2D eigenvalue weighted by molar-refractivity contribution is 7.99. The molecule has 1 heterocycles. The predicted octanol–water partition coefficient (Wildman–Crippen LogP) is 4.01. The topological polar surface area (TPSA) is 94.4 Å². The summed E-state index contributed by atoms with van der Waals surface area (Å²) in [5.41, 5.74) is 7.05. The van der Waals surface area contributed by atoms with Crippen molar-refractivity contribution in [3.05, 3.63) is 60.0 Å². The molecule has 7 heteroatoms. The molecule has 2 aromatic carbocycles. The van der Waals surface area contributed by atoms with Gasteiger partial charge in [0.2, 0.25) is 11.8 Å². The van der Waals surface area contributed by atoms with Crippen LogP contribution in [0.5, 0.6) is 11.5 Å². The van der Waals surface area contributed by atoms with Crippen LogP contribution in [0.4, 0.5) is 0 Å². The van der Waals surface area contributed by atoms with Gasteiger partial charge in [-0.3, -0.25) is 0 Å². The van der Waals surface area contributed by atoms with Crippen LogP contribution in [-0.2, 0) is 0 Å². The minimum atomic E-state index is -0.212. The molecule has 0 radical (unpaired) electrons. The molecular formula is C20H23N3O3S.